The van der Waals surface area contributed by atoms with E-state index in [0.717, 1.165) is 0 Å². The van der Waals surface area contributed by atoms with Gasteiger partial charge in [-0.3, -0.25) is 4.79 Å². The van der Waals surface area contributed by atoms with Gasteiger partial charge in [-0.05, 0) is 19.1 Å². The summed E-state index contributed by atoms with van der Waals surface area (Å²) in [7, 11) is 4.45. The third kappa shape index (κ3) is 3.10. The summed E-state index contributed by atoms with van der Waals surface area (Å²) in [6.45, 7) is 1.71. The Kier molecular flexibility index (Phi) is 5.07. The molecule has 0 spiro atoms. The van der Waals surface area contributed by atoms with Crippen molar-refractivity contribution in [2.24, 2.45) is 0 Å². The van der Waals surface area contributed by atoms with Crippen LogP contribution < -0.4 is 19.5 Å². The lowest BCUT2D eigenvalue weighted by Gasteiger charge is -2.16. The predicted molar refractivity (Wildman–Crippen MR) is 71.9 cm³/mol. The van der Waals surface area contributed by atoms with E-state index < -0.39 is 0 Å². The summed E-state index contributed by atoms with van der Waals surface area (Å²) < 4.78 is 15.6. The van der Waals surface area contributed by atoms with Gasteiger partial charge in [0.25, 0.3) is 5.91 Å². The Morgan fingerprint density at radius 1 is 1.21 bits per heavy atom. The first kappa shape index (κ1) is 14.7. The lowest BCUT2D eigenvalue weighted by Crippen LogP contribution is -2.31. The highest BCUT2D eigenvalue weighted by Crippen LogP contribution is 2.39. The Labute approximate surface area is 112 Å². The van der Waals surface area contributed by atoms with Gasteiger partial charge in [0.2, 0.25) is 5.75 Å². The van der Waals surface area contributed by atoms with Crippen LogP contribution in [0.25, 0.3) is 0 Å². The topological polar surface area (TPSA) is 56.8 Å². The number of terminal acetylenes is 1. The summed E-state index contributed by atoms with van der Waals surface area (Å²) in [6, 6.07) is 2.86. The molecule has 5 heteroatoms. The lowest BCUT2D eigenvalue weighted by atomic mass is 10.1. The summed E-state index contributed by atoms with van der Waals surface area (Å²) in [5.41, 5.74) is 0.335. The standard InChI is InChI=1S/C14H17NO4/c1-6-9(2)15-14(16)10-7-8-11(17-3)13(19-5)12(10)18-4/h1,7-9H,2-5H3,(H,15,16). The van der Waals surface area contributed by atoms with Crippen LogP contribution in [-0.2, 0) is 0 Å². The van der Waals surface area contributed by atoms with Gasteiger partial charge in [-0.25, -0.2) is 0 Å². The zero-order valence-electron chi connectivity index (χ0n) is 11.4. The van der Waals surface area contributed by atoms with E-state index in [-0.39, 0.29) is 11.9 Å². The second-order valence-corrected chi connectivity index (χ2v) is 3.74. The third-order valence-corrected chi connectivity index (χ3v) is 2.55. The van der Waals surface area contributed by atoms with Crippen LogP contribution in [0.3, 0.4) is 0 Å². The number of hydrogen-bond acceptors (Lipinski definition) is 4. The first-order valence-electron chi connectivity index (χ1n) is 5.65. The number of carbonyl (C=O) groups is 1. The number of nitrogens with one attached hydrogen (secondary N) is 1. The molecule has 1 N–H and O–H groups in total. The number of ether oxygens (including phenoxy) is 3. The van der Waals surface area contributed by atoms with Crippen LogP contribution >= 0.6 is 0 Å². The Balaban J connectivity index is 3.22. The smallest absolute Gasteiger partial charge is 0.256 e. The molecule has 19 heavy (non-hydrogen) atoms. The SMILES string of the molecule is C#CC(C)NC(=O)c1ccc(OC)c(OC)c1OC. The predicted octanol–water partition coefficient (Wildman–Crippen LogP) is 1.46. The molecule has 0 bridgehead atoms. The van der Waals surface area contributed by atoms with Crippen LogP contribution in [0.1, 0.15) is 17.3 Å². The van der Waals surface area contributed by atoms with Crippen molar-refractivity contribution in [1.29, 1.82) is 0 Å². The van der Waals surface area contributed by atoms with Crippen molar-refractivity contribution in [3.63, 3.8) is 0 Å². The van der Waals surface area contributed by atoms with Gasteiger partial charge in [0.1, 0.15) is 0 Å². The first-order chi connectivity index (χ1) is 9.08. The van der Waals surface area contributed by atoms with Gasteiger partial charge in [0.15, 0.2) is 11.5 Å². The van der Waals surface area contributed by atoms with Crippen LogP contribution in [0, 0.1) is 12.3 Å². The molecule has 1 unspecified atom stereocenters. The molecule has 5 nitrogen and oxygen atoms in total. The molecule has 0 aromatic heterocycles. The van der Waals surface area contributed by atoms with E-state index in [1.54, 1.807) is 19.1 Å². The molecule has 0 aliphatic carbocycles. The van der Waals surface area contributed by atoms with Crippen molar-refractivity contribution >= 4 is 5.91 Å². The molecule has 0 heterocycles. The van der Waals surface area contributed by atoms with E-state index in [2.05, 4.69) is 11.2 Å². The Morgan fingerprint density at radius 2 is 1.84 bits per heavy atom. The van der Waals surface area contributed by atoms with E-state index in [0.29, 0.717) is 22.8 Å². The molecular formula is C14H17NO4. The van der Waals surface area contributed by atoms with Crippen molar-refractivity contribution in [3.05, 3.63) is 17.7 Å². The molecule has 0 fully saturated rings. The Hall–Kier alpha value is -2.35. The molecule has 1 aromatic carbocycles. The van der Waals surface area contributed by atoms with Crippen molar-refractivity contribution in [2.45, 2.75) is 13.0 Å². The molecule has 1 rings (SSSR count). The van der Waals surface area contributed by atoms with E-state index in [1.807, 2.05) is 0 Å². The van der Waals surface area contributed by atoms with E-state index in [4.69, 9.17) is 20.6 Å². The van der Waals surface area contributed by atoms with Gasteiger partial charge in [-0.2, -0.15) is 0 Å². The largest absolute Gasteiger partial charge is 0.493 e. The van der Waals surface area contributed by atoms with Gasteiger partial charge < -0.3 is 19.5 Å². The number of methoxy groups -OCH3 is 3. The molecule has 0 radical (unpaired) electrons. The molecule has 102 valence electrons. The average Bonchev–Trinajstić information content (AvgIpc) is 2.44. The van der Waals surface area contributed by atoms with Crippen LogP contribution in [0.5, 0.6) is 17.2 Å². The summed E-state index contributed by atoms with van der Waals surface area (Å²) in [5, 5.41) is 2.66. The average molecular weight is 263 g/mol. The monoisotopic (exact) mass is 263 g/mol. The number of rotatable bonds is 5. The van der Waals surface area contributed by atoms with E-state index >= 15 is 0 Å². The first-order valence-corrected chi connectivity index (χ1v) is 5.65. The zero-order valence-corrected chi connectivity index (χ0v) is 11.4. The van der Waals surface area contributed by atoms with Crippen molar-refractivity contribution < 1.29 is 19.0 Å². The molecule has 1 amide bonds. The summed E-state index contributed by atoms with van der Waals surface area (Å²) in [5.74, 6) is 3.26. The van der Waals surface area contributed by atoms with E-state index in [9.17, 15) is 4.79 Å². The normalized spacial score (nSPS) is 11.1. The van der Waals surface area contributed by atoms with Crippen LogP contribution in [0.15, 0.2) is 12.1 Å². The maximum absolute atomic E-state index is 12.1. The fraction of sp³-hybridized carbons (Fsp3) is 0.357. The number of carbonyl (C=O) groups excluding carboxylic acids is 1. The van der Waals surface area contributed by atoms with Crippen molar-refractivity contribution in [1.82, 2.24) is 5.32 Å². The molecule has 1 aromatic rings. The maximum Gasteiger partial charge on any atom is 0.256 e. The second kappa shape index (κ2) is 6.55. The fourth-order valence-corrected chi connectivity index (χ4v) is 1.60. The molecule has 0 aliphatic heterocycles. The number of benzene rings is 1. The minimum Gasteiger partial charge on any atom is -0.493 e. The maximum atomic E-state index is 12.1. The number of amides is 1. The van der Waals surface area contributed by atoms with Crippen molar-refractivity contribution in [3.8, 4) is 29.6 Å². The highest BCUT2D eigenvalue weighted by atomic mass is 16.5. The zero-order chi connectivity index (χ0) is 14.4. The molecule has 0 saturated carbocycles. The van der Waals surface area contributed by atoms with Gasteiger partial charge in [-0.1, -0.05) is 5.92 Å². The van der Waals surface area contributed by atoms with E-state index in [1.165, 1.54) is 21.3 Å². The molecule has 1 atom stereocenters. The quantitative estimate of drug-likeness (QED) is 0.817. The highest BCUT2D eigenvalue weighted by Gasteiger charge is 2.21. The summed E-state index contributed by atoms with van der Waals surface area (Å²) in [6.07, 6.45) is 5.23. The molecular weight excluding hydrogens is 246 g/mol. The third-order valence-electron chi connectivity index (χ3n) is 2.55. The second-order valence-electron chi connectivity index (χ2n) is 3.74. The van der Waals surface area contributed by atoms with Crippen LogP contribution in [0.4, 0.5) is 0 Å². The van der Waals surface area contributed by atoms with Gasteiger partial charge in [-0.15, -0.1) is 6.42 Å². The Bertz CT molecular complexity index is 505. The molecule has 0 saturated heterocycles. The van der Waals surface area contributed by atoms with Crippen molar-refractivity contribution in [2.75, 3.05) is 21.3 Å². The van der Waals surface area contributed by atoms with Crippen LogP contribution in [0.2, 0.25) is 0 Å². The lowest BCUT2D eigenvalue weighted by molar-refractivity contribution is 0.0944. The minimum atomic E-state index is -0.370. The summed E-state index contributed by atoms with van der Waals surface area (Å²) >= 11 is 0. The Morgan fingerprint density at radius 3 is 2.32 bits per heavy atom. The minimum absolute atomic E-state index is 0.309. The number of hydrogen-bond donors (Lipinski definition) is 1. The highest BCUT2D eigenvalue weighted by molar-refractivity contribution is 5.98. The molecule has 0 aliphatic rings. The van der Waals surface area contributed by atoms with Gasteiger partial charge in [0.05, 0.1) is 32.9 Å². The summed E-state index contributed by atoms with van der Waals surface area (Å²) in [4.78, 5) is 12.1. The van der Waals surface area contributed by atoms with Crippen LogP contribution in [-0.4, -0.2) is 33.3 Å². The fourth-order valence-electron chi connectivity index (χ4n) is 1.60. The van der Waals surface area contributed by atoms with Gasteiger partial charge in [0, 0.05) is 0 Å². The van der Waals surface area contributed by atoms with Gasteiger partial charge >= 0.3 is 0 Å².